The normalized spacial score (nSPS) is 12.5. The average Bonchev–Trinajstić information content (AvgIpc) is 3.14. The summed E-state index contributed by atoms with van der Waals surface area (Å²) in [6.07, 6.45) is 6.61. The number of ether oxygens (including phenoxy) is 2. The van der Waals surface area contributed by atoms with E-state index in [2.05, 4.69) is 10.6 Å². The smallest absolute Gasteiger partial charge is 0.253 e. The maximum atomic E-state index is 12.6. The van der Waals surface area contributed by atoms with Crippen LogP contribution in [0, 0.1) is 0 Å². The number of allylic oxidation sites excluding steroid dienone is 3. The SMILES string of the molecule is C/C=C/C=C/C(=O)Nc1ccccc1C(=O)NCc1ccc2c(c1)OCO2. The van der Waals surface area contributed by atoms with Crippen molar-refractivity contribution in [2.75, 3.05) is 12.1 Å². The van der Waals surface area contributed by atoms with Gasteiger partial charge >= 0.3 is 0 Å². The zero-order valence-corrected chi connectivity index (χ0v) is 14.9. The summed E-state index contributed by atoms with van der Waals surface area (Å²) in [6, 6.07) is 12.4. The first-order valence-electron chi connectivity index (χ1n) is 8.53. The van der Waals surface area contributed by atoms with Gasteiger partial charge in [-0.15, -0.1) is 0 Å². The Bertz CT molecular complexity index is 903. The fraction of sp³-hybridized carbons (Fsp3) is 0.143. The van der Waals surface area contributed by atoms with Gasteiger partial charge in [0.15, 0.2) is 11.5 Å². The first kappa shape index (κ1) is 18.3. The minimum atomic E-state index is -0.302. The molecule has 0 saturated carbocycles. The molecule has 0 spiro atoms. The van der Waals surface area contributed by atoms with Crippen LogP contribution >= 0.6 is 0 Å². The van der Waals surface area contributed by atoms with Crippen LogP contribution in [0.1, 0.15) is 22.8 Å². The Morgan fingerprint density at radius 1 is 1.07 bits per heavy atom. The second-order valence-corrected chi connectivity index (χ2v) is 5.79. The maximum absolute atomic E-state index is 12.6. The minimum absolute atomic E-state index is 0.209. The Morgan fingerprint density at radius 3 is 2.74 bits per heavy atom. The fourth-order valence-electron chi connectivity index (χ4n) is 2.55. The molecular weight excluding hydrogens is 344 g/mol. The molecule has 2 amide bonds. The third-order valence-electron chi connectivity index (χ3n) is 3.87. The van der Waals surface area contributed by atoms with E-state index < -0.39 is 0 Å². The molecule has 2 N–H and O–H groups in total. The summed E-state index contributed by atoms with van der Waals surface area (Å²) in [7, 11) is 0. The lowest BCUT2D eigenvalue weighted by Gasteiger charge is -2.11. The van der Waals surface area contributed by atoms with Gasteiger partial charge in [0.1, 0.15) is 0 Å². The van der Waals surface area contributed by atoms with Crippen molar-refractivity contribution in [1.82, 2.24) is 5.32 Å². The van der Waals surface area contributed by atoms with Crippen LogP contribution in [0.5, 0.6) is 11.5 Å². The van der Waals surface area contributed by atoms with Crippen LogP contribution in [0.3, 0.4) is 0 Å². The van der Waals surface area contributed by atoms with Gasteiger partial charge in [-0.3, -0.25) is 9.59 Å². The number of carbonyl (C=O) groups excluding carboxylic acids is 2. The molecule has 0 atom stereocenters. The molecule has 0 unspecified atom stereocenters. The number of benzene rings is 2. The molecule has 1 heterocycles. The summed E-state index contributed by atoms with van der Waals surface area (Å²) in [5.41, 5.74) is 1.74. The molecule has 0 aromatic heterocycles. The maximum Gasteiger partial charge on any atom is 0.253 e. The van der Waals surface area contributed by atoms with Gasteiger partial charge in [-0.1, -0.05) is 36.4 Å². The Balaban J connectivity index is 1.65. The molecule has 6 heteroatoms. The number of hydrogen-bond acceptors (Lipinski definition) is 4. The number of para-hydroxylation sites is 1. The molecule has 138 valence electrons. The van der Waals surface area contributed by atoms with E-state index in [4.69, 9.17) is 9.47 Å². The van der Waals surface area contributed by atoms with Gasteiger partial charge < -0.3 is 20.1 Å². The first-order valence-corrected chi connectivity index (χ1v) is 8.53. The van der Waals surface area contributed by atoms with E-state index in [9.17, 15) is 9.59 Å². The van der Waals surface area contributed by atoms with Crippen molar-refractivity contribution in [1.29, 1.82) is 0 Å². The second kappa shape index (κ2) is 8.71. The van der Waals surface area contributed by atoms with E-state index in [1.54, 1.807) is 36.4 Å². The van der Waals surface area contributed by atoms with E-state index in [1.165, 1.54) is 6.08 Å². The van der Waals surface area contributed by atoms with Crippen molar-refractivity contribution in [3.63, 3.8) is 0 Å². The van der Waals surface area contributed by atoms with Crippen LogP contribution in [-0.2, 0) is 11.3 Å². The molecule has 6 nitrogen and oxygen atoms in total. The number of rotatable bonds is 6. The molecule has 0 aliphatic carbocycles. The Labute approximate surface area is 157 Å². The van der Waals surface area contributed by atoms with Crippen LogP contribution in [0.4, 0.5) is 5.69 Å². The average molecular weight is 364 g/mol. The molecule has 3 rings (SSSR count). The van der Waals surface area contributed by atoms with Crippen molar-refractivity contribution in [2.45, 2.75) is 13.5 Å². The van der Waals surface area contributed by atoms with Crippen molar-refractivity contribution in [3.05, 3.63) is 77.9 Å². The summed E-state index contributed by atoms with van der Waals surface area (Å²) in [4.78, 5) is 24.5. The number of fused-ring (bicyclic) bond motifs is 1. The van der Waals surface area contributed by atoms with E-state index in [0.29, 0.717) is 29.3 Å². The zero-order valence-electron chi connectivity index (χ0n) is 14.9. The lowest BCUT2D eigenvalue weighted by molar-refractivity contribution is -0.111. The van der Waals surface area contributed by atoms with Gasteiger partial charge in [0.05, 0.1) is 11.3 Å². The molecule has 2 aromatic rings. The Kier molecular flexibility index (Phi) is 5.89. The third-order valence-corrected chi connectivity index (χ3v) is 3.87. The molecular formula is C21H20N2O4. The molecule has 1 aliphatic heterocycles. The number of carbonyl (C=O) groups is 2. The highest BCUT2D eigenvalue weighted by Gasteiger charge is 2.15. The summed E-state index contributed by atoms with van der Waals surface area (Å²) in [5.74, 6) is 0.788. The van der Waals surface area contributed by atoms with Crippen LogP contribution in [0.25, 0.3) is 0 Å². The molecule has 0 fully saturated rings. The van der Waals surface area contributed by atoms with Gasteiger partial charge in [0.2, 0.25) is 12.7 Å². The number of amides is 2. The predicted octanol–water partition coefficient (Wildman–Crippen LogP) is 3.42. The van der Waals surface area contributed by atoms with Gasteiger partial charge in [-0.05, 0) is 36.8 Å². The molecule has 1 aliphatic rings. The van der Waals surface area contributed by atoms with E-state index in [0.717, 1.165) is 5.56 Å². The molecule has 0 bridgehead atoms. The second-order valence-electron chi connectivity index (χ2n) is 5.79. The van der Waals surface area contributed by atoms with Crippen molar-refractivity contribution >= 4 is 17.5 Å². The predicted molar refractivity (Wildman–Crippen MR) is 103 cm³/mol. The van der Waals surface area contributed by atoms with E-state index in [-0.39, 0.29) is 18.6 Å². The highest BCUT2D eigenvalue weighted by molar-refractivity contribution is 6.06. The van der Waals surface area contributed by atoms with E-state index >= 15 is 0 Å². The highest BCUT2D eigenvalue weighted by atomic mass is 16.7. The van der Waals surface area contributed by atoms with Crippen LogP contribution in [0.15, 0.2) is 66.8 Å². The number of nitrogens with one attached hydrogen (secondary N) is 2. The summed E-state index contributed by atoms with van der Waals surface area (Å²) < 4.78 is 10.6. The quantitative estimate of drug-likeness (QED) is 0.608. The molecule has 2 aromatic carbocycles. The summed E-state index contributed by atoms with van der Waals surface area (Å²) >= 11 is 0. The van der Waals surface area contributed by atoms with E-state index in [1.807, 2.05) is 31.2 Å². The molecule has 0 saturated heterocycles. The van der Waals surface area contributed by atoms with Gasteiger partial charge in [-0.2, -0.15) is 0 Å². The van der Waals surface area contributed by atoms with Crippen molar-refractivity contribution < 1.29 is 19.1 Å². The van der Waals surface area contributed by atoms with Crippen LogP contribution in [-0.4, -0.2) is 18.6 Å². The lowest BCUT2D eigenvalue weighted by atomic mass is 10.1. The summed E-state index contributed by atoms with van der Waals surface area (Å²) in [6.45, 7) is 2.40. The monoisotopic (exact) mass is 364 g/mol. The highest BCUT2D eigenvalue weighted by Crippen LogP contribution is 2.32. The topological polar surface area (TPSA) is 76.7 Å². The summed E-state index contributed by atoms with van der Waals surface area (Å²) in [5, 5.41) is 5.58. The zero-order chi connectivity index (χ0) is 19.1. The lowest BCUT2D eigenvalue weighted by Crippen LogP contribution is -2.24. The first-order chi connectivity index (χ1) is 13.2. The van der Waals surface area contributed by atoms with Crippen molar-refractivity contribution in [2.24, 2.45) is 0 Å². The third kappa shape index (κ3) is 4.76. The Hall–Kier alpha value is -3.54. The van der Waals surface area contributed by atoms with Gasteiger partial charge in [0, 0.05) is 12.6 Å². The largest absolute Gasteiger partial charge is 0.454 e. The van der Waals surface area contributed by atoms with Crippen LogP contribution < -0.4 is 20.1 Å². The molecule has 0 radical (unpaired) electrons. The standard InChI is InChI=1S/C21H20N2O4/c1-2-3-4-9-20(24)23-17-8-6-5-7-16(17)21(25)22-13-15-10-11-18-19(12-15)27-14-26-18/h2-12H,13-14H2,1H3,(H,22,25)(H,23,24)/b3-2+,9-4+. The molecule has 27 heavy (non-hydrogen) atoms. The van der Waals surface area contributed by atoms with Gasteiger partial charge in [-0.25, -0.2) is 0 Å². The number of hydrogen-bond donors (Lipinski definition) is 2. The fourth-order valence-corrected chi connectivity index (χ4v) is 2.55. The van der Waals surface area contributed by atoms with Crippen LogP contribution in [0.2, 0.25) is 0 Å². The number of anilines is 1. The van der Waals surface area contributed by atoms with Crippen molar-refractivity contribution in [3.8, 4) is 11.5 Å². The van der Waals surface area contributed by atoms with Gasteiger partial charge in [0.25, 0.3) is 5.91 Å². The minimum Gasteiger partial charge on any atom is -0.454 e. The Morgan fingerprint density at radius 2 is 1.89 bits per heavy atom.